The minimum absolute atomic E-state index is 0.142. The van der Waals surface area contributed by atoms with Crippen LogP contribution in [0, 0.1) is 0 Å². The van der Waals surface area contributed by atoms with Crippen LogP contribution in [-0.2, 0) is 0 Å². The van der Waals surface area contributed by atoms with Crippen molar-refractivity contribution in [2.75, 3.05) is 0 Å². The van der Waals surface area contributed by atoms with E-state index < -0.39 is 0 Å². The van der Waals surface area contributed by atoms with Crippen LogP contribution in [0.4, 0.5) is 0 Å². The lowest BCUT2D eigenvalue weighted by molar-refractivity contribution is 1.29. The first-order valence-corrected chi connectivity index (χ1v) is 6.96. The second-order valence-electron chi connectivity index (χ2n) is 5.22. The van der Waals surface area contributed by atoms with Crippen LogP contribution in [0.1, 0.15) is 0 Å². The summed E-state index contributed by atoms with van der Waals surface area (Å²) in [7, 11) is 0. The number of hydrogen-bond donors (Lipinski definition) is 2. The van der Waals surface area contributed by atoms with Gasteiger partial charge in [0.15, 0.2) is 0 Å². The number of benzene rings is 2. The summed E-state index contributed by atoms with van der Waals surface area (Å²) < 4.78 is 0. The summed E-state index contributed by atoms with van der Waals surface area (Å²) >= 11 is 0. The topological polar surface area (TPSA) is 65.7 Å². The molecule has 4 rings (SSSR count). The summed E-state index contributed by atoms with van der Waals surface area (Å²) in [6.07, 6.45) is 0. The van der Waals surface area contributed by atoms with Gasteiger partial charge in [-0.3, -0.25) is 9.59 Å². The number of aromatic nitrogens is 2. The van der Waals surface area contributed by atoms with Crippen molar-refractivity contribution >= 4 is 21.8 Å². The van der Waals surface area contributed by atoms with E-state index in [-0.39, 0.29) is 11.1 Å². The smallest absolute Gasteiger partial charge is 0.256 e. The van der Waals surface area contributed by atoms with Gasteiger partial charge >= 0.3 is 0 Å². The third-order valence-electron chi connectivity index (χ3n) is 3.79. The van der Waals surface area contributed by atoms with E-state index in [4.69, 9.17) is 0 Å². The molecule has 22 heavy (non-hydrogen) atoms. The van der Waals surface area contributed by atoms with E-state index in [9.17, 15) is 9.59 Å². The van der Waals surface area contributed by atoms with Crippen molar-refractivity contribution in [1.29, 1.82) is 0 Å². The molecule has 0 amide bonds. The third kappa shape index (κ3) is 2.02. The molecule has 4 aromatic rings. The van der Waals surface area contributed by atoms with Crippen molar-refractivity contribution in [3.05, 3.63) is 81.4 Å². The second-order valence-corrected chi connectivity index (χ2v) is 5.22. The summed E-state index contributed by atoms with van der Waals surface area (Å²) in [6, 6.07) is 18.4. The lowest BCUT2D eigenvalue weighted by Crippen LogP contribution is -2.09. The number of aromatic amines is 2. The Bertz CT molecular complexity index is 1120. The van der Waals surface area contributed by atoms with Crippen LogP contribution in [0.5, 0.6) is 0 Å². The number of pyridine rings is 2. The Labute approximate surface area is 125 Å². The summed E-state index contributed by atoms with van der Waals surface area (Å²) in [5, 5.41) is 1.90. The molecule has 4 nitrogen and oxygen atoms in total. The van der Waals surface area contributed by atoms with Crippen LogP contribution in [0.25, 0.3) is 32.9 Å². The highest BCUT2D eigenvalue weighted by molar-refractivity contribution is 5.87. The molecule has 0 atom stereocenters. The molecular weight excluding hydrogens is 276 g/mol. The van der Waals surface area contributed by atoms with Gasteiger partial charge in [-0.2, -0.15) is 0 Å². The third-order valence-corrected chi connectivity index (χ3v) is 3.79. The second kappa shape index (κ2) is 4.70. The van der Waals surface area contributed by atoms with Crippen molar-refractivity contribution < 1.29 is 0 Å². The predicted octanol–water partition coefficient (Wildman–Crippen LogP) is 3.04. The maximum atomic E-state index is 12.3. The zero-order valence-electron chi connectivity index (χ0n) is 11.6. The molecule has 0 aliphatic carbocycles. The minimum atomic E-state index is -0.155. The molecule has 0 aliphatic rings. The Kier molecular flexibility index (Phi) is 2.69. The first kappa shape index (κ1) is 12.6. The van der Waals surface area contributed by atoms with Gasteiger partial charge < -0.3 is 9.97 Å². The van der Waals surface area contributed by atoms with E-state index in [1.807, 2.05) is 48.5 Å². The molecule has 0 spiro atoms. The van der Waals surface area contributed by atoms with Gasteiger partial charge in [-0.15, -0.1) is 0 Å². The predicted molar refractivity (Wildman–Crippen MR) is 88.1 cm³/mol. The van der Waals surface area contributed by atoms with Gasteiger partial charge in [-0.05, 0) is 40.6 Å². The highest BCUT2D eigenvalue weighted by Gasteiger charge is 2.06. The number of rotatable bonds is 1. The van der Waals surface area contributed by atoms with Crippen molar-refractivity contribution in [3.63, 3.8) is 0 Å². The minimum Gasteiger partial charge on any atom is -0.322 e. The molecule has 0 saturated heterocycles. The quantitative estimate of drug-likeness (QED) is 0.565. The standard InChI is InChI=1S/C18H12N2O2/c21-17-8-7-11-5-6-12(10-16(11)19-17)14-9-13-3-1-2-4-15(13)20-18(14)22/h1-10H,(H,19,21)(H,20,22). The van der Waals surface area contributed by atoms with Gasteiger partial charge in [-0.1, -0.05) is 30.3 Å². The van der Waals surface area contributed by atoms with E-state index in [0.29, 0.717) is 5.56 Å². The van der Waals surface area contributed by atoms with Gasteiger partial charge in [0.05, 0.1) is 0 Å². The molecule has 2 aromatic carbocycles. The van der Waals surface area contributed by atoms with E-state index in [2.05, 4.69) is 9.97 Å². The Hall–Kier alpha value is -3.14. The monoisotopic (exact) mass is 288 g/mol. The molecule has 0 saturated carbocycles. The molecule has 0 bridgehead atoms. The van der Waals surface area contributed by atoms with Crippen molar-refractivity contribution in [2.45, 2.75) is 0 Å². The zero-order valence-corrected chi connectivity index (χ0v) is 11.6. The highest BCUT2D eigenvalue weighted by atomic mass is 16.1. The molecule has 2 heterocycles. The highest BCUT2D eigenvalue weighted by Crippen LogP contribution is 2.22. The fraction of sp³-hybridized carbons (Fsp3) is 0. The summed E-state index contributed by atoms with van der Waals surface area (Å²) in [4.78, 5) is 29.4. The van der Waals surface area contributed by atoms with E-state index in [1.54, 1.807) is 6.07 Å². The van der Waals surface area contributed by atoms with Gasteiger partial charge in [0.2, 0.25) is 5.56 Å². The number of para-hydroxylation sites is 1. The lowest BCUT2D eigenvalue weighted by Gasteiger charge is -2.05. The van der Waals surface area contributed by atoms with Gasteiger partial charge in [-0.25, -0.2) is 0 Å². The van der Waals surface area contributed by atoms with Crippen LogP contribution in [-0.4, -0.2) is 9.97 Å². The molecular formula is C18H12N2O2. The maximum absolute atomic E-state index is 12.3. The fourth-order valence-electron chi connectivity index (χ4n) is 2.68. The average molecular weight is 288 g/mol. The summed E-state index contributed by atoms with van der Waals surface area (Å²) in [5.74, 6) is 0. The Morgan fingerprint density at radius 3 is 2.41 bits per heavy atom. The van der Waals surface area contributed by atoms with Crippen LogP contribution < -0.4 is 11.1 Å². The van der Waals surface area contributed by atoms with E-state index >= 15 is 0 Å². The largest absolute Gasteiger partial charge is 0.322 e. The number of fused-ring (bicyclic) bond motifs is 2. The Morgan fingerprint density at radius 1 is 0.682 bits per heavy atom. The van der Waals surface area contributed by atoms with E-state index in [0.717, 1.165) is 27.4 Å². The first-order chi connectivity index (χ1) is 10.7. The van der Waals surface area contributed by atoms with Crippen LogP contribution >= 0.6 is 0 Å². The van der Waals surface area contributed by atoms with Crippen LogP contribution in [0.2, 0.25) is 0 Å². The van der Waals surface area contributed by atoms with Crippen molar-refractivity contribution in [1.82, 2.24) is 9.97 Å². The average Bonchev–Trinajstić information content (AvgIpc) is 2.53. The molecule has 0 aliphatic heterocycles. The van der Waals surface area contributed by atoms with Crippen molar-refractivity contribution in [3.8, 4) is 11.1 Å². The SMILES string of the molecule is O=c1ccc2ccc(-c3cc4ccccc4[nH]c3=O)cc2[nH]1. The maximum Gasteiger partial charge on any atom is 0.256 e. The molecule has 0 unspecified atom stereocenters. The molecule has 2 N–H and O–H groups in total. The van der Waals surface area contributed by atoms with Crippen molar-refractivity contribution in [2.24, 2.45) is 0 Å². The first-order valence-electron chi connectivity index (χ1n) is 6.96. The molecule has 4 heteroatoms. The molecule has 0 radical (unpaired) electrons. The molecule has 106 valence electrons. The lowest BCUT2D eigenvalue weighted by atomic mass is 10.0. The van der Waals surface area contributed by atoms with E-state index in [1.165, 1.54) is 6.07 Å². The Morgan fingerprint density at radius 2 is 1.50 bits per heavy atom. The van der Waals surface area contributed by atoms with Gasteiger partial charge in [0.25, 0.3) is 5.56 Å². The normalized spacial score (nSPS) is 11.1. The molecule has 2 aromatic heterocycles. The van der Waals surface area contributed by atoms with Gasteiger partial charge in [0, 0.05) is 22.7 Å². The van der Waals surface area contributed by atoms with Gasteiger partial charge in [0.1, 0.15) is 0 Å². The zero-order chi connectivity index (χ0) is 15.1. The fourth-order valence-corrected chi connectivity index (χ4v) is 2.68. The number of hydrogen-bond acceptors (Lipinski definition) is 2. The summed E-state index contributed by atoms with van der Waals surface area (Å²) in [5.41, 5.74) is 2.60. The number of nitrogens with one attached hydrogen (secondary N) is 2. The number of H-pyrrole nitrogens is 2. The Balaban J connectivity index is 2.00. The van der Waals surface area contributed by atoms with Crippen LogP contribution in [0.15, 0.2) is 70.3 Å². The molecule has 0 fully saturated rings. The summed E-state index contributed by atoms with van der Waals surface area (Å²) in [6.45, 7) is 0. The van der Waals surface area contributed by atoms with Crippen LogP contribution in [0.3, 0.4) is 0 Å².